The van der Waals surface area contributed by atoms with Crippen LogP contribution in [0, 0.1) is 10.1 Å². The first-order valence-corrected chi connectivity index (χ1v) is 8.54. The summed E-state index contributed by atoms with van der Waals surface area (Å²) in [6, 6.07) is 5.03. The molecule has 1 aromatic carbocycles. The third kappa shape index (κ3) is 4.05. The second-order valence-electron chi connectivity index (χ2n) is 6.42. The van der Waals surface area contributed by atoms with Gasteiger partial charge in [0, 0.05) is 42.7 Å². The number of nitro groups is 1. The first kappa shape index (κ1) is 19.2. The SMILES string of the molecule is O=[N+]([O-])c1ccc(N2CCC(c3ccnn3CCO)CC2)cc1C(F)(F)F. The van der Waals surface area contributed by atoms with Crippen LogP contribution in [0.25, 0.3) is 0 Å². The van der Waals surface area contributed by atoms with Gasteiger partial charge in [-0.15, -0.1) is 0 Å². The van der Waals surface area contributed by atoms with Crippen molar-refractivity contribution in [2.24, 2.45) is 0 Å². The number of nitrogens with zero attached hydrogens (tertiary/aromatic N) is 4. The molecule has 10 heteroatoms. The molecule has 0 bridgehead atoms. The van der Waals surface area contributed by atoms with E-state index < -0.39 is 22.4 Å². The molecule has 0 aliphatic carbocycles. The van der Waals surface area contributed by atoms with E-state index in [-0.39, 0.29) is 12.5 Å². The molecule has 1 aromatic heterocycles. The summed E-state index contributed by atoms with van der Waals surface area (Å²) in [5.41, 5.74) is -0.833. The molecule has 3 rings (SSSR count). The minimum absolute atomic E-state index is 0.0173. The highest BCUT2D eigenvalue weighted by molar-refractivity contribution is 5.57. The number of benzene rings is 1. The molecule has 0 saturated carbocycles. The fraction of sp³-hybridized carbons (Fsp3) is 0.471. The van der Waals surface area contributed by atoms with Crippen LogP contribution >= 0.6 is 0 Å². The number of piperidine rings is 1. The third-order valence-electron chi connectivity index (χ3n) is 4.82. The van der Waals surface area contributed by atoms with Gasteiger partial charge in [0.15, 0.2) is 0 Å². The second-order valence-corrected chi connectivity index (χ2v) is 6.42. The van der Waals surface area contributed by atoms with Crippen molar-refractivity contribution in [1.82, 2.24) is 9.78 Å². The van der Waals surface area contributed by atoms with Gasteiger partial charge in [-0.05, 0) is 31.0 Å². The maximum atomic E-state index is 13.2. The van der Waals surface area contributed by atoms with Gasteiger partial charge in [-0.3, -0.25) is 14.8 Å². The average molecular weight is 384 g/mol. The Morgan fingerprint density at radius 1 is 1.26 bits per heavy atom. The Bertz CT molecular complexity index is 814. The largest absolute Gasteiger partial charge is 0.423 e. The number of hydrogen-bond donors (Lipinski definition) is 1. The topological polar surface area (TPSA) is 84.4 Å². The van der Waals surface area contributed by atoms with Gasteiger partial charge in [-0.2, -0.15) is 18.3 Å². The lowest BCUT2D eigenvalue weighted by atomic mass is 9.93. The highest BCUT2D eigenvalue weighted by Gasteiger charge is 2.39. The lowest BCUT2D eigenvalue weighted by Gasteiger charge is -2.34. The van der Waals surface area contributed by atoms with Gasteiger partial charge in [-0.25, -0.2) is 0 Å². The fourth-order valence-electron chi connectivity index (χ4n) is 3.51. The number of aliphatic hydroxyl groups is 1. The van der Waals surface area contributed by atoms with E-state index in [0.717, 1.165) is 30.7 Å². The van der Waals surface area contributed by atoms with Crippen LogP contribution in [0.15, 0.2) is 30.5 Å². The summed E-state index contributed by atoms with van der Waals surface area (Å²) in [6.45, 7) is 1.45. The maximum absolute atomic E-state index is 13.2. The molecule has 0 amide bonds. The van der Waals surface area contributed by atoms with E-state index in [2.05, 4.69) is 5.10 Å². The van der Waals surface area contributed by atoms with E-state index in [9.17, 15) is 23.3 Å². The number of aromatic nitrogens is 2. The number of rotatable bonds is 5. The van der Waals surface area contributed by atoms with Gasteiger partial charge >= 0.3 is 6.18 Å². The zero-order valence-electron chi connectivity index (χ0n) is 14.4. The van der Waals surface area contributed by atoms with Crippen molar-refractivity contribution < 1.29 is 23.2 Å². The Kier molecular flexibility index (Phi) is 5.36. The molecule has 1 fully saturated rings. The van der Waals surface area contributed by atoms with Crippen LogP contribution in [-0.2, 0) is 12.7 Å². The van der Waals surface area contributed by atoms with Gasteiger partial charge < -0.3 is 10.0 Å². The van der Waals surface area contributed by atoms with Gasteiger partial charge in [0.05, 0.1) is 18.1 Å². The predicted octanol–water partition coefficient (Wildman–Crippen LogP) is 3.19. The molecule has 146 valence electrons. The molecule has 2 aromatic rings. The van der Waals surface area contributed by atoms with Crippen molar-refractivity contribution in [3.63, 3.8) is 0 Å². The van der Waals surface area contributed by atoms with Gasteiger partial charge in [0.2, 0.25) is 0 Å². The van der Waals surface area contributed by atoms with Crippen LogP contribution in [0.2, 0.25) is 0 Å². The molecular formula is C17H19F3N4O3. The molecule has 1 saturated heterocycles. The molecule has 1 aliphatic rings. The Balaban J connectivity index is 1.76. The first-order valence-electron chi connectivity index (χ1n) is 8.54. The van der Waals surface area contributed by atoms with E-state index in [1.807, 2.05) is 11.0 Å². The van der Waals surface area contributed by atoms with Crippen LogP contribution < -0.4 is 4.90 Å². The normalized spacial score (nSPS) is 15.9. The third-order valence-corrected chi connectivity index (χ3v) is 4.82. The lowest BCUT2D eigenvalue weighted by Crippen LogP contribution is -2.33. The monoisotopic (exact) mass is 384 g/mol. The van der Waals surface area contributed by atoms with Crippen molar-refractivity contribution in [3.8, 4) is 0 Å². The number of anilines is 1. The Morgan fingerprint density at radius 2 is 1.96 bits per heavy atom. The molecule has 7 nitrogen and oxygen atoms in total. The molecule has 1 aliphatic heterocycles. The summed E-state index contributed by atoms with van der Waals surface area (Å²) in [5.74, 6) is 0.204. The lowest BCUT2D eigenvalue weighted by molar-refractivity contribution is -0.388. The fourth-order valence-corrected chi connectivity index (χ4v) is 3.51. The Labute approximate surface area is 153 Å². The summed E-state index contributed by atoms with van der Waals surface area (Å²) in [6.07, 6.45) is -1.68. The van der Waals surface area contributed by atoms with Crippen molar-refractivity contribution in [3.05, 3.63) is 51.8 Å². The maximum Gasteiger partial charge on any atom is 0.423 e. The second kappa shape index (κ2) is 7.55. The minimum Gasteiger partial charge on any atom is -0.394 e. The van der Waals surface area contributed by atoms with E-state index in [0.29, 0.717) is 25.3 Å². The van der Waals surface area contributed by atoms with E-state index in [4.69, 9.17) is 5.11 Å². The van der Waals surface area contributed by atoms with E-state index in [1.54, 1.807) is 10.9 Å². The summed E-state index contributed by atoms with van der Waals surface area (Å²) < 4.78 is 41.2. The van der Waals surface area contributed by atoms with Crippen molar-refractivity contribution in [2.45, 2.75) is 31.5 Å². The molecule has 0 radical (unpaired) electrons. The minimum atomic E-state index is -4.78. The summed E-state index contributed by atoms with van der Waals surface area (Å²) >= 11 is 0. The van der Waals surface area contributed by atoms with Crippen molar-refractivity contribution >= 4 is 11.4 Å². The summed E-state index contributed by atoms with van der Waals surface area (Å²) in [7, 11) is 0. The summed E-state index contributed by atoms with van der Waals surface area (Å²) in [4.78, 5) is 11.7. The number of alkyl halides is 3. The molecule has 27 heavy (non-hydrogen) atoms. The van der Waals surface area contributed by atoms with Crippen LogP contribution in [0.5, 0.6) is 0 Å². The van der Waals surface area contributed by atoms with Crippen LogP contribution in [-0.4, -0.2) is 39.5 Å². The van der Waals surface area contributed by atoms with E-state index in [1.165, 1.54) is 6.07 Å². The average Bonchev–Trinajstić information content (AvgIpc) is 3.09. The Morgan fingerprint density at radius 3 is 2.56 bits per heavy atom. The number of nitro benzene ring substituents is 1. The van der Waals surface area contributed by atoms with Crippen molar-refractivity contribution in [2.75, 3.05) is 24.6 Å². The number of halogens is 3. The van der Waals surface area contributed by atoms with E-state index >= 15 is 0 Å². The summed E-state index contributed by atoms with van der Waals surface area (Å²) in [5, 5.41) is 24.2. The highest BCUT2D eigenvalue weighted by atomic mass is 19.4. The van der Waals surface area contributed by atoms with Gasteiger partial charge in [0.1, 0.15) is 5.56 Å². The highest BCUT2D eigenvalue weighted by Crippen LogP contribution is 2.39. The number of aliphatic hydroxyl groups excluding tert-OH is 1. The smallest absolute Gasteiger partial charge is 0.394 e. The molecule has 1 N–H and O–H groups in total. The Hall–Kier alpha value is -2.62. The molecule has 2 heterocycles. The molecular weight excluding hydrogens is 365 g/mol. The van der Waals surface area contributed by atoms with Gasteiger partial charge in [-0.1, -0.05) is 0 Å². The van der Waals surface area contributed by atoms with Crippen LogP contribution in [0.4, 0.5) is 24.5 Å². The molecule has 0 atom stereocenters. The number of hydrogen-bond acceptors (Lipinski definition) is 5. The van der Waals surface area contributed by atoms with Crippen molar-refractivity contribution in [1.29, 1.82) is 0 Å². The van der Waals surface area contributed by atoms with Crippen LogP contribution in [0.3, 0.4) is 0 Å². The molecule has 0 spiro atoms. The zero-order valence-corrected chi connectivity index (χ0v) is 14.4. The zero-order chi connectivity index (χ0) is 19.6. The standard InChI is InChI=1S/C17H19F3N4O3/c18-17(19,20)14-11-13(1-2-16(14)24(26)27)22-7-4-12(5-8-22)15-3-6-21-23(15)9-10-25/h1-3,6,11-12,25H,4-5,7-10H2. The van der Waals surface area contributed by atoms with Gasteiger partial charge in [0.25, 0.3) is 5.69 Å². The predicted molar refractivity (Wildman–Crippen MR) is 91.6 cm³/mol. The van der Waals surface area contributed by atoms with Crippen LogP contribution in [0.1, 0.15) is 30.0 Å². The molecule has 0 unspecified atom stereocenters. The first-order chi connectivity index (χ1) is 12.8. The quantitative estimate of drug-likeness (QED) is 0.632.